The first kappa shape index (κ1) is 18.3. The Morgan fingerprint density at radius 2 is 1.78 bits per heavy atom. The SMILES string of the molecule is COc1ccc(NC(C2CCCCC2)P(=O)(OC)OC)cc1C. The molecule has 1 unspecified atom stereocenters. The van der Waals surface area contributed by atoms with E-state index in [0.29, 0.717) is 0 Å². The van der Waals surface area contributed by atoms with E-state index in [-0.39, 0.29) is 11.7 Å². The summed E-state index contributed by atoms with van der Waals surface area (Å²) in [6.45, 7) is 1.99. The van der Waals surface area contributed by atoms with Crippen molar-refractivity contribution in [3.8, 4) is 5.75 Å². The van der Waals surface area contributed by atoms with Crippen LogP contribution in [0.25, 0.3) is 0 Å². The van der Waals surface area contributed by atoms with E-state index in [9.17, 15) is 4.57 Å². The summed E-state index contributed by atoms with van der Waals surface area (Å²) >= 11 is 0. The molecular weight excluding hydrogens is 313 g/mol. The van der Waals surface area contributed by atoms with Gasteiger partial charge >= 0.3 is 7.60 Å². The number of hydrogen-bond donors (Lipinski definition) is 1. The summed E-state index contributed by atoms with van der Waals surface area (Å²) in [5.74, 6) is 0.800. The van der Waals surface area contributed by atoms with Crippen LogP contribution in [-0.4, -0.2) is 27.1 Å². The molecule has 1 saturated carbocycles. The van der Waals surface area contributed by atoms with Crippen LogP contribution in [0.15, 0.2) is 18.2 Å². The second kappa shape index (κ2) is 8.18. The maximum Gasteiger partial charge on any atom is 0.352 e. The van der Waals surface area contributed by atoms with Crippen molar-refractivity contribution in [3.63, 3.8) is 0 Å². The number of hydrogen-bond acceptors (Lipinski definition) is 5. The van der Waals surface area contributed by atoms with Crippen molar-refractivity contribution in [1.82, 2.24) is 0 Å². The molecule has 1 aromatic rings. The predicted molar refractivity (Wildman–Crippen MR) is 93.3 cm³/mol. The number of anilines is 1. The van der Waals surface area contributed by atoms with Crippen molar-refractivity contribution in [2.75, 3.05) is 26.6 Å². The third kappa shape index (κ3) is 4.28. The molecule has 5 nitrogen and oxygen atoms in total. The zero-order valence-corrected chi connectivity index (χ0v) is 15.4. The molecule has 1 aliphatic rings. The van der Waals surface area contributed by atoms with Crippen molar-refractivity contribution in [3.05, 3.63) is 23.8 Å². The highest BCUT2D eigenvalue weighted by Gasteiger charge is 2.40. The first-order valence-corrected chi connectivity index (χ1v) is 9.77. The fourth-order valence-electron chi connectivity index (χ4n) is 3.35. The molecule has 0 aliphatic heterocycles. The van der Waals surface area contributed by atoms with E-state index in [0.717, 1.165) is 42.7 Å². The van der Waals surface area contributed by atoms with Crippen LogP contribution in [0.4, 0.5) is 5.69 Å². The Labute approximate surface area is 139 Å². The molecule has 1 aromatic carbocycles. The minimum Gasteiger partial charge on any atom is -0.496 e. The van der Waals surface area contributed by atoms with Gasteiger partial charge in [-0.1, -0.05) is 19.3 Å². The molecule has 0 amide bonds. The van der Waals surface area contributed by atoms with Gasteiger partial charge < -0.3 is 19.1 Å². The second-order valence-electron chi connectivity index (χ2n) is 6.08. The Hall–Kier alpha value is -1.03. The maximum absolute atomic E-state index is 13.0. The lowest BCUT2D eigenvalue weighted by atomic mass is 9.89. The number of rotatable bonds is 7. The van der Waals surface area contributed by atoms with E-state index in [1.807, 2.05) is 25.1 Å². The van der Waals surface area contributed by atoms with E-state index in [1.165, 1.54) is 20.6 Å². The molecule has 6 heteroatoms. The van der Waals surface area contributed by atoms with Crippen LogP contribution < -0.4 is 10.1 Å². The molecule has 0 radical (unpaired) electrons. The summed E-state index contributed by atoms with van der Waals surface area (Å²) in [4.78, 5) is 0. The highest BCUT2D eigenvalue weighted by molar-refractivity contribution is 7.54. The standard InChI is InChI=1S/C17H28NO4P/c1-13-12-15(10-11-16(13)20-2)18-17(23(19,21-3)22-4)14-8-6-5-7-9-14/h10-12,14,17-18H,5-9H2,1-4H3. The molecule has 2 rings (SSSR count). The minimum absolute atomic E-state index is 0.289. The van der Waals surface area contributed by atoms with Crippen molar-refractivity contribution in [2.45, 2.75) is 44.8 Å². The molecule has 0 aromatic heterocycles. The summed E-state index contributed by atoms with van der Waals surface area (Å²) in [6.07, 6.45) is 5.66. The lowest BCUT2D eigenvalue weighted by Crippen LogP contribution is -2.31. The van der Waals surface area contributed by atoms with Crippen LogP contribution in [0.3, 0.4) is 0 Å². The van der Waals surface area contributed by atoms with E-state index in [1.54, 1.807) is 7.11 Å². The molecule has 0 heterocycles. The van der Waals surface area contributed by atoms with Crippen LogP contribution in [-0.2, 0) is 13.6 Å². The van der Waals surface area contributed by atoms with Gasteiger partial charge in [0.05, 0.1) is 7.11 Å². The topological polar surface area (TPSA) is 56.8 Å². The van der Waals surface area contributed by atoms with Gasteiger partial charge in [0, 0.05) is 19.9 Å². The zero-order valence-electron chi connectivity index (χ0n) is 14.5. The third-order valence-electron chi connectivity index (χ3n) is 4.66. The number of ether oxygens (including phenoxy) is 1. The Kier molecular flexibility index (Phi) is 6.51. The number of aryl methyl sites for hydroxylation is 1. The second-order valence-corrected chi connectivity index (χ2v) is 8.44. The largest absolute Gasteiger partial charge is 0.496 e. The summed E-state index contributed by atoms with van der Waals surface area (Å²) in [6, 6.07) is 5.86. The fourth-order valence-corrected chi connectivity index (χ4v) is 5.07. The molecule has 1 aliphatic carbocycles. The van der Waals surface area contributed by atoms with E-state index >= 15 is 0 Å². The van der Waals surface area contributed by atoms with Crippen LogP contribution in [0.2, 0.25) is 0 Å². The van der Waals surface area contributed by atoms with Crippen LogP contribution in [0, 0.1) is 12.8 Å². The fraction of sp³-hybridized carbons (Fsp3) is 0.647. The summed E-state index contributed by atoms with van der Waals surface area (Å²) < 4.78 is 28.9. The first-order chi connectivity index (χ1) is 11.0. The van der Waals surface area contributed by atoms with Gasteiger partial charge in [-0.3, -0.25) is 4.57 Å². The smallest absolute Gasteiger partial charge is 0.352 e. The van der Waals surface area contributed by atoms with Gasteiger partial charge in [-0.25, -0.2) is 0 Å². The van der Waals surface area contributed by atoms with Gasteiger partial charge in [-0.15, -0.1) is 0 Å². The van der Waals surface area contributed by atoms with E-state index < -0.39 is 7.60 Å². The zero-order chi connectivity index (χ0) is 16.9. The molecule has 1 atom stereocenters. The highest BCUT2D eigenvalue weighted by Crippen LogP contribution is 2.56. The van der Waals surface area contributed by atoms with Gasteiger partial charge in [0.15, 0.2) is 0 Å². The van der Waals surface area contributed by atoms with Gasteiger partial charge in [0.2, 0.25) is 0 Å². The van der Waals surface area contributed by atoms with Gasteiger partial charge in [-0.2, -0.15) is 0 Å². The molecule has 0 bridgehead atoms. The Morgan fingerprint density at radius 1 is 1.13 bits per heavy atom. The number of benzene rings is 1. The van der Waals surface area contributed by atoms with Gasteiger partial charge in [0.25, 0.3) is 0 Å². The monoisotopic (exact) mass is 341 g/mol. The Bertz CT molecular complexity index is 550. The van der Waals surface area contributed by atoms with Crippen molar-refractivity contribution in [2.24, 2.45) is 5.92 Å². The van der Waals surface area contributed by atoms with Crippen molar-refractivity contribution in [1.29, 1.82) is 0 Å². The lowest BCUT2D eigenvalue weighted by molar-refractivity contribution is 0.244. The number of nitrogens with one attached hydrogen (secondary N) is 1. The molecule has 130 valence electrons. The third-order valence-corrected chi connectivity index (χ3v) is 6.91. The lowest BCUT2D eigenvalue weighted by Gasteiger charge is -2.34. The predicted octanol–water partition coefficient (Wildman–Crippen LogP) is 4.81. The molecule has 0 spiro atoms. The van der Waals surface area contributed by atoms with Crippen LogP contribution >= 0.6 is 7.60 Å². The average Bonchev–Trinajstić information content (AvgIpc) is 2.60. The maximum atomic E-state index is 13.0. The number of methoxy groups -OCH3 is 1. The average molecular weight is 341 g/mol. The van der Waals surface area contributed by atoms with E-state index in [4.69, 9.17) is 13.8 Å². The minimum atomic E-state index is -3.20. The molecule has 0 saturated heterocycles. The molecular formula is C17H28NO4P. The van der Waals surface area contributed by atoms with Crippen LogP contribution in [0.1, 0.15) is 37.7 Å². The van der Waals surface area contributed by atoms with Gasteiger partial charge in [-0.05, 0) is 49.4 Å². The highest BCUT2D eigenvalue weighted by atomic mass is 31.2. The van der Waals surface area contributed by atoms with Gasteiger partial charge in [0.1, 0.15) is 11.5 Å². The summed E-state index contributed by atoms with van der Waals surface area (Å²) in [5.41, 5.74) is 1.94. The summed E-state index contributed by atoms with van der Waals surface area (Å²) in [7, 11) is 1.37. The normalized spacial score (nSPS) is 17.7. The molecule has 1 N–H and O–H groups in total. The molecule has 23 heavy (non-hydrogen) atoms. The Balaban J connectivity index is 2.26. The van der Waals surface area contributed by atoms with Crippen molar-refractivity contribution >= 4 is 13.3 Å². The quantitative estimate of drug-likeness (QED) is 0.721. The Morgan fingerprint density at radius 3 is 2.30 bits per heavy atom. The van der Waals surface area contributed by atoms with Crippen molar-refractivity contribution < 1.29 is 18.3 Å². The van der Waals surface area contributed by atoms with Crippen LogP contribution in [0.5, 0.6) is 5.75 Å². The first-order valence-electron chi connectivity index (χ1n) is 8.16. The van der Waals surface area contributed by atoms with E-state index in [2.05, 4.69) is 5.32 Å². The molecule has 1 fully saturated rings. The summed E-state index contributed by atoms with van der Waals surface area (Å²) in [5, 5.41) is 3.41.